The largest absolute Gasteiger partial charge is 0.480 e. The van der Waals surface area contributed by atoms with Crippen molar-refractivity contribution in [3.05, 3.63) is 0 Å². The van der Waals surface area contributed by atoms with E-state index in [0.29, 0.717) is 0 Å². The summed E-state index contributed by atoms with van der Waals surface area (Å²) in [5, 5.41) is 11.7. The first-order chi connectivity index (χ1) is 7.00. The van der Waals surface area contributed by atoms with Crippen molar-refractivity contribution >= 4 is 11.9 Å². The Labute approximate surface area is 89.4 Å². The molecule has 0 saturated heterocycles. The molecule has 5 nitrogen and oxygen atoms in total. The van der Waals surface area contributed by atoms with Gasteiger partial charge in [-0.25, -0.2) is 0 Å². The Balaban J connectivity index is 2.40. The van der Waals surface area contributed by atoms with Gasteiger partial charge in [-0.3, -0.25) is 9.59 Å². The first kappa shape index (κ1) is 12.0. The Hall–Kier alpha value is -1.10. The van der Waals surface area contributed by atoms with E-state index in [9.17, 15) is 9.59 Å². The highest BCUT2D eigenvalue weighted by Gasteiger charge is 2.33. The number of rotatable bonds is 6. The highest BCUT2D eigenvalue weighted by molar-refractivity contribution is 5.83. The van der Waals surface area contributed by atoms with Gasteiger partial charge in [0.1, 0.15) is 6.54 Å². The van der Waals surface area contributed by atoms with E-state index in [0.717, 1.165) is 12.8 Å². The molecule has 0 atom stereocenters. The molecule has 1 aliphatic carbocycles. The Morgan fingerprint density at radius 2 is 2.07 bits per heavy atom. The van der Waals surface area contributed by atoms with Crippen molar-refractivity contribution in [3.8, 4) is 0 Å². The van der Waals surface area contributed by atoms with Crippen LogP contribution in [0.3, 0.4) is 0 Å². The van der Waals surface area contributed by atoms with E-state index in [2.05, 4.69) is 5.32 Å². The highest BCUT2D eigenvalue weighted by atomic mass is 16.4. The second-order valence-corrected chi connectivity index (χ2v) is 4.18. The Kier molecular flexibility index (Phi) is 4.08. The van der Waals surface area contributed by atoms with Crippen LogP contribution in [0.2, 0.25) is 0 Å². The molecule has 15 heavy (non-hydrogen) atoms. The van der Waals surface area contributed by atoms with Gasteiger partial charge in [-0.1, -0.05) is 13.8 Å². The first-order valence-electron chi connectivity index (χ1n) is 5.25. The van der Waals surface area contributed by atoms with Crippen LogP contribution in [0.25, 0.3) is 0 Å². The normalized spacial score (nSPS) is 15.4. The average molecular weight is 214 g/mol. The minimum Gasteiger partial charge on any atom is -0.480 e. The van der Waals surface area contributed by atoms with Crippen LogP contribution in [-0.4, -0.2) is 47.1 Å². The number of carboxylic acids is 1. The van der Waals surface area contributed by atoms with Gasteiger partial charge in [0.2, 0.25) is 5.91 Å². The number of nitrogens with one attached hydrogen (secondary N) is 1. The molecule has 2 N–H and O–H groups in total. The van der Waals surface area contributed by atoms with Gasteiger partial charge in [0, 0.05) is 12.1 Å². The lowest BCUT2D eigenvalue weighted by molar-refractivity contribution is -0.144. The fourth-order valence-corrected chi connectivity index (χ4v) is 1.35. The topological polar surface area (TPSA) is 69.6 Å². The van der Waals surface area contributed by atoms with Gasteiger partial charge in [0.05, 0.1) is 6.54 Å². The van der Waals surface area contributed by atoms with Crippen LogP contribution >= 0.6 is 0 Å². The molecule has 1 amide bonds. The summed E-state index contributed by atoms with van der Waals surface area (Å²) in [4.78, 5) is 23.7. The van der Waals surface area contributed by atoms with Crippen molar-refractivity contribution < 1.29 is 14.7 Å². The van der Waals surface area contributed by atoms with Gasteiger partial charge < -0.3 is 15.3 Å². The molecule has 1 aliphatic rings. The van der Waals surface area contributed by atoms with E-state index < -0.39 is 5.97 Å². The van der Waals surface area contributed by atoms with E-state index in [1.165, 1.54) is 4.90 Å². The Morgan fingerprint density at radius 1 is 1.47 bits per heavy atom. The average Bonchev–Trinajstić information content (AvgIpc) is 2.93. The smallest absolute Gasteiger partial charge is 0.323 e. The van der Waals surface area contributed by atoms with E-state index >= 15 is 0 Å². The molecule has 1 fully saturated rings. The number of hydrogen-bond acceptors (Lipinski definition) is 3. The zero-order valence-corrected chi connectivity index (χ0v) is 9.19. The lowest BCUT2D eigenvalue weighted by Crippen LogP contribution is -2.43. The molecule has 1 saturated carbocycles. The molecule has 0 unspecified atom stereocenters. The van der Waals surface area contributed by atoms with E-state index in [1.54, 1.807) is 0 Å². The van der Waals surface area contributed by atoms with Crippen molar-refractivity contribution in [2.45, 2.75) is 38.8 Å². The molecule has 0 bridgehead atoms. The molecule has 0 heterocycles. The van der Waals surface area contributed by atoms with Crippen molar-refractivity contribution in [2.24, 2.45) is 0 Å². The Morgan fingerprint density at radius 3 is 2.47 bits per heavy atom. The maximum Gasteiger partial charge on any atom is 0.323 e. The molecule has 0 aromatic carbocycles. The number of carboxylic acid groups (broad SMARTS) is 1. The standard InChI is InChI=1S/C10H18N2O3/c1-7(2)11-5-9(13)12(6-10(14)15)8-3-4-8/h7-8,11H,3-6H2,1-2H3,(H,14,15). The van der Waals surface area contributed by atoms with Crippen LogP contribution in [0.15, 0.2) is 0 Å². The molecular formula is C10H18N2O3. The molecule has 86 valence electrons. The predicted molar refractivity (Wildman–Crippen MR) is 55.5 cm³/mol. The SMILES string of the molecule is CC(C)NCC(=O)N(CC(=O)O)C1CC1. The monoisotopic (exact) mass is 214 g/mol. The summed E-state index contributed by atoms with van der Waals surface area (Å²) in [7, 11) is 0. The van der Waals surface area contributed by atoms with Crippen LogP contribution < -0.4 is 5.32 Å². The summed E-state index contributed by atoms with van der Waals surface area (Å²) in [5.41, 5.74) is 0. The third-order valence-corrected chi connectivity index (χ3v) is 2.28. The van der Waals surface area contributed by atoms with E-state index in [4.69, 9.17) is 5.11 Å². The number of aliphatic carboxylic acids is 1. The first-order valence-corrected chi connectivity index (χ1v) is 5.25. The predicted octanol–water partition coefficient (Wildman–Crippen LogP) is 0.0600. The van der Waals surface area contributed by atoms with Gasteiger partial charge >= 0.3 is 5.97 Å². The summed E-state index contributed by atoms with van der Waals surface area (Å²) in [6.07, 6.45) is 1.86. The lowest BCUT2D eigenvalue weighted by Gasteiger charge is -2.21. The number of carbonyl (C=O) groups excluding carboxylic acids is 1. The van der Waals surface area contributed by atoms with Crippen molar-refractivity contribution in [1.82, 2.24) is 10.2 Å². The minimum atomic E-state index is -0.945. The number of hydrogen-bond donors (Lipinski definition) is 2. The quantitative estimate of drug-likeness (QED) is 0.656. The molecular weight excluding hydrogens is 196 g/mol. The number of amides is 1. The summed E-state index contributed by atoms with van der Waals surface area (Å²) in [6.45, 7) is 3.95. The van der Waals surface area contributed by atoms with Crippen molar-refractivity contribution in [3.63, 3.8) is 0 Å². The van der Waals surface area contributed by atoms with E-state index in [-0.39, 0.29) is 31.1 Å². The fraction of sp³-hybridized carbons (Fsp3) is 0.800. The zero-order chi connectivity index (χ0) is 11.4. The summed E-state index contributed by atoms with van der Waals surface area (Å²) >= 11 is 0. The second kappa shape index (κ2) is 5.11. The molecule has 0 aliphatic heterocycles. The summed E-state index contributed by atoms with van der Waals surface area (Å²) in [5.74, 6) is -1.06. The lowest BCUT2D eigenvalue weighted by atomic mass is 10.3. The molecule has 5 heteroatoms. The van der Waals surface area contributed by atoms with Gasteiger partial charge in [-0.05, 0) is 12.8 Å². The van der Waals surface area contributed by atoms with Gasteiger partial charge in [0.15, 0.2) is 0 Å². The van der Waals surface area contributed by atoms with Gasteiger partial charge in [-0.2, -0.15) is 0 Å². The van der Waals surface area contributed by atoms with Crippen LogP contribution in [0.5, 0.6) is 0 Å². The Bertz CT molecular complexity index is 249. The molecule has 0 aromatic heterocycles. The van der Waals surface area contributed by atoms with Gasteiger partial charge in [-0.15, -0.1) is 0 Å². The van der Waals surface area contributed by atoms with Crippen molar-refractivity contribution in [1.29, 1.82) is 0 Å². The van der Waals surface area contributed by atoms with Crippen LogP contribution in [0.1, 0.15) is 26.7 Å². The van der Waals surface area contributed by atoms with E-state index in [1.807, 2.05) is 13.8 Å². The molecule has 0 aromatic rings. The van der Waals surface area contributed by atoms with Gasteiger partial charge in [0.25, 0.3) is 0 Å². The van der Waals surface area contributed by atoms with Crippen molar-refractivity contribution in [2.75, 3.05) is 13.1 Å². The van der Waals surface area contributed by atoms with Crippen LogP contribution in [0.4, 0.5) is 0 Å². The third-order valence-electron chi connectivity index (χ3n) is 2.28. The molecule has 0 radical (unpaired) electrons. The molecule has 0 spiro atoms. The van der Waals surface area contributed by atoms with Crippen LogP contribution in [0, 0.1) is 0 Å². The summed E-state index contributed by atoms with van der Waals surface area (Å²) in [6, 6.07) is 0.391. The summed E-state index contributed by atoms with van der Waals surface area (Å²) < 4.78 is 0. The number of carbonyl (C=O) groups is 2. The molecule has 1 rings (SSSR count). The third kappa shape index (κ3) is 4.29. The maximum absolute atomic E-state index is 11.7. The minimum absolute atomic E-state index is 0.117. The highest BCUT2D eigenvalue weighted by Crippen LogP contribution is 2.26. The number of nitrogens with zero attached hydrogens (tertiary/aromatic N) is 1. The fourth-order valence-electron chi connectivity index (χ4n) is 1.35. The second-order valence-electron chi connectivity index (χ2n) is 4.18. The maximum atomic E-state index is 11.7. The van der Waals surface area contributed by atoms with Crippen LogP contribution in [-0.2, 0) is 9.59 Å². The zero-order valence-electron chi connectivity index (χ0n) is 9.19.